The zero-order valence-electron chi connectivity index (χ0n) is 17.4. The van der Waals surface area contributed by atoms with Crippen LogP contribution in [0.15, 0.2) is 89.9 Å². The van der Waals surface area contributed by atoms with Gasteiger partial charge in [-0.25, -0.2) is 4.98 Å². The molecule has 0 saturated carbocycles. The van der Waals surface area contributed by atoms with Crippen molar-refractivity contribution in [2.24, 2.45) is 0 Å². The SMILES string of the molecule is CCn1c(C=Cc2cn(Cc3ccccc3)c3ccccc23)nc2ccccc2c1=O. The summed E-state index contributed by atoms with van der Waals surface area (Å²) in [6, 6.07) is 26.4. The summed E-state index contributed by atoms with van der Waals surface area (Å²) >= 11 is 0. The van der Waals surface area contributed by atoms with E-state index in [1.54, 1.807) is 4.57 Å². The molecular weight excluding hydrogens is 382 g/mol. The van der Waals surface area contributed by atoms with Gasteiger partial charge in [-0.3, -0.25) is 9.36 Å². The maximum atomic E-state index is 12.9. The van der Waals surface area contributed by atoms with Gasteiger partial charge < -0.3 is 4.57 Å². The highest BCUT2D eigenvalue weighted by Crippen LogP contribution is 2.24. The van der Waals surface area contributed by atoms with E-state index in [0.29, 0.717) is 17.8 Å². The van der Waals surface area contributed by atoms with Crippen LogP contribution < -0.4 is 5.56 Å². The fourth-order valence-corrected chi connectivity index (χ4v) is 4.10. The van der Waals surface area contributed by atoms with Crippen molar-refractivity contribution >= 4 is 34.0 Å². The number of fused-ring (bicyclic) bond motifs is 2. The molecule has 0 aliphatic heterocycles. The molecule has 0 N–H and O–H groups in total. The Hall–Kier alpha value is -3.92. The molecular formula is C27H23N3O. The molecule has 5 rings (SSSR count). The minimum absolute atomic E-state index is 0.000689. The van der Waals surface area contributed by atoms with E-state index in [4.69, 9.17) is 4.98 Å². The Morgan fingerprint density at radius 2 is 1.55 bits per heavy atom. The third kappa shape index (κ3) is 3.57. The molecule has 152 valence electrons. The summed E-state index contributed by atoms with van der Waals surface area (Å²) in [7, 11) is 0. The van der Waals surface area contributed by atoms with Gasteiger partial charge in [0, 0.05) is 35.8 Å². The van der Waals surface area contributed by atoms with Crippen molar-refractivity contribution in [1.29, 1.82) is 0 Å². The molecule has 0 radical (unpaired) electrons. The zero-order valence-corrected chi connectivity index (χ0v) is 17.4. The van der Waals surface area contributed by atoms with Crippen LogP contribution in [0.2, 0.25) is 0 Å². The fourth-order valence-electron chi connectivity index (χ4n) is 4.10. The third-order valence-corrected chi connectivity index (χ3v) is 5.63. The van der Waals surface area contributed by atoms with Crippen LogP contribution in [0.25, 0.3) is 34.0 Å². The maximum Gasteiger partial charge on any atom is 0.261 e. The Morgan fingerprint density at radius 1 is 0.839 bits per heavy atom. The van der Waals surface area contributed by atoms with Crippen LogP contribution in [0.1, 0.15) is 23.9 Å². The van der Waals surface area contributed by atoms with Crippen molar-refractivity contribution in [2.75, 3.05) is 0 Å². The lowest BCUT2D eigenvalue weighted by Crippen LogP contribution is -2.22. The number of aromatic nitrogens is 3. The van der Waals surface area contributed by atoms with Gasteiger partial charge in [-0.2, -0.15) is 0 Å². The predicted octanol–water partition coefficient (Wildman–Crippen LogP) is 5.59. The quantitative estimate of drug-likeness (QED) is 0.382. The molecule has 0 spiro atoms. The Morgan fingerprint density at radius 3 is 2.35 bits per heavy atom. The minimum atomic E-state index is -0.000689. The van der Waals surface area contributed by atoms with Gasteiger partial charge in [0.15, 0.2) is 0 Å². The molecule has 3 aromatic carbocycles. The zero-order chi connectivity index (χ0) is 21.2. The lowest BCUT2D eigenvalue weighted by Gasteiger charge is -2.08. The maximum absolute atomic E-state index is 12.9. The van der Waals surface area contributed by atoms with Crippen LogP contribution in [-0.4, -0.2) is 14.1 Å². The molecule has 0 atom stereocenters. The van der Waals surface area contributed by atoms with E-state index >= 15 is 0 Å². The van der Waals surface area contributed by atoms with Crippen molar-refractivity contribution in [1.82, 2.24) is 14.1 Å². The van der Waals surface area contributed by atoms with E-state index in [2.05, 4.69) is 65.4 Å². The van der Waals surface area contributed by atoms with Gasteiger partial charge in [-0.15, -0.1) is 0 Å². The average Bonchev–Trinajstić information content (AvgIpc) is 3.16. The highest BCUT2D eigenvalue weighted by Gasteiger charge is 2.09. The van der Waals surface area contributed by atoms with Gasteiger partial charge in [0.05, 0.1) is 10.9 Å². The Bertz CT molecular complexity index is 1460. The molecule has 0 unspecified atom stereocenters. The molecule has 2 aromatic heterocycles. The molecule has 0 aliphatic rings. The Balaban J connectivity index is 1.59. The van der Waals surface area contributed by atoms with Crippen molar-refractivity contribution in [3.05, 3.63) is 112 Å². The Labute approximate surface area is 180 Å². The fraction of sp³-hybridized carbons (Fsp3) is 0.111. The van der Waals surface area contributed by atoms with Crippen molar-refractivity contribution in [2.45, 2.75) is 20.0 Å². The molecule has 31 heavy (non-hydrogen) atoms. The summed E-state index contributed by atoms with van der Waals surface area (Å²) < 4.78 is 3.99. The van der Waals surface area contributed by atoms with Gasteiger partial charge in [-0.05, 0) is 42.8 Å². The number of hydrogen-bond acceptors (Lipinski definition) is 2. The topological polar surface area (TPSA) is 39.8 Å². The molecule has 4 heteroatoms. The van der Waals surface area contributed by atoms with E-state index in [9.17, 15) is 4.79 Å². The molecule has 5 aromatic rings. The van der Waals surface area contributed by atoms with Gasteiger partial charge in [-0.1, -0.05) is 60.7 Å². The number of rotatable bonds is 5. The Kier molecular flexibility index (Phi) is 4.97. The summed E-state index contributed by atoms with van der Waals surface area (Å²) in [4.78, 5) is 17.6. The normalized spacial score (nSPS) is 11.6. The van der Waals surface area contributed by atoms with Gasteiger partial charge in [0.2, 0.25) is 0 Å². The lowest BCUT2D eigenvalue weighted by molar-refractivity contribution is 0.708. The summed E-state index contributed by atoms with van der Waals surface area (Å²) in [6.07, 6.45) is 6.18. The van der Waals surface area contributed by atoms with Crippen LogP contribution in [0.3, 0.4) is 0 Å². The monoisotopic (exact) mass is 405 g/mol. The van der Waals surface area contributed by atoms with Crippen LogP contribution in [0.5, 0.6) is 0 Å². The van der Waals surface area contributed by atoms with E-state index in [0.717, 1.165) is 17.6 Å². The van der Waals surface area contributed by atoms with Gasteiger partial charge in [0.1, 0.15) is 5.82 Å². The highest BCUT2D eigenvalue weighted by molar-refractivity contribution is 5.92. The minimum Gasteiger partial charge on any atom is -0.342 e. The summed E-state index contributed by atoms with van der Waals surface area (Å²) in [5.74, 6) is 0.672. The first-order chi connectivity index (χ1) is 15.2. The van der Waals surface area contributed by atoms with Crippen molar-refractivity contribution in [3.8, 4) is 0 Å². The molecule has 0 amide bonds. The highest BCUT2D eigenvalue weighted by atomic mass is 16.1. The van der Waals surface area contributed by atoms with E-state index < -0.39 is 0 Å². The van der Waals surface area contributed by atoms with Crippen LogP contribution in [0, 0.1) is 0 Å². The molecule has 0 saturated heterocycles. The molecule has 2 heterocycles. The molecule has 0 fully saturated rings. The van der Waals surface area contributed by atoms with Gasteiger partial charge in [0.25, 0.3) is 5.56 Å². The van der Waals surface area contributed by atoms with Gasteiger partial charge >= 0.3 is 0 Å². The van der Waals surface area contributed by atoms with E-state index in [1.807, 2.05) is 43.3 Å². The van der Waals surface area contributed by atoms with Crippen LogP contribution in [-0.2, 0) is 13.1 Å². The summed E-state index contributed by atoms with van der Waals surface area (Å²) in [5.41, 5.74) is 4.28. The second-order valence-electron chi connectivity index (χ2n) is 7.58. The number of hydrogen-bond donors (Lipinski definition) is 0. The molecule has 0 bridgehead atoms. The number of benzene rings is 3. The first-order valence-corrected chi connectivity index (χ1v) is 10.5. The largest absolute Gasteiger partial charge is 0.342 e. The second-order valence-corrected chi connectivity index (χ2v) is 7.58. The predicted molar refractivity (Wildman–Crippen MR) is 128 cm³/mol. The number of para-hydroxylation sites is 2. The smallest absolute Gasteiger partial charge is 0.261 e. The van der Waals surface area contributed by atoms with Crippen LogP contribution >= 0.6 is 0 Å². The van der Waals surface area contributed by atoms with E-state index in [-0.39, 0.29) is 5.56 Å². The lowest BCUT2D eigenvalue weighted by atomic mass is 10.1. The molecule has 4 nitrogen and oxygen atoms in total. The van der Waals surface area contributed by atoms with Crippen molar-refractivity contribution < 1.29 is 0 Å². The third-order valence-electron chi connectivity index (χ3n) is 5.63. The second kappa shape index (κ2) is 8.07. The summed E-state index contributed by atoms with van der Waals surface area (Å²) in [6.45, 7) is 3.36. The average molecular weight is 406 g/mol. The number of nitrogens with zero attached hydrogens (tertiary/aromatic N) is 3. The first-order valence-electron chi connectivity index (χ1n) is 10.5. The summed E-state index contributed by atoms with van der Waals surface area (Å²) in [5, 5.41) is 1.84. The van der Waals surface area contributed by atoms with Crippen LogP contribution in [0.4, 0.5) is 0 Å². The molecule has 0 aliphatic carbocycles. The van der Waals surface area contributed by atoms with Crippen molar-refractivity contribution in [3.63, 3.8) is 0 Å². The van der Waals surface area contributed by atoms with E-state index in [1.165, 1.54) is 16.5 Å². The first kappa shape index (κ1) is 19.1. The standard InChI is InChI=1S/C27H23N3O/c1-2-30-26(28-24-14-8-6-13-23(24)27(30)31)17-16-21-19-29(18-20-10-4-3-5-11-20)25-15-9-7-12-22(21)25/h3-17,19H,2,18H2,1H3.